The Morgan fingerprint density at radius 2 is 1.88 bits per heavy atom. The Bertz CT molecular complexity index is 691. The quantitative estimate of drug-likeness (QED) is 0.685. The van der Waals surface area contributed by atoms with E-state index in [1.807, 2.05) is 6.07 Å². The van der Waals surface area contributed by atoms with E-state index in [9.17, 15) is 14.9 Å². The first-order valence-corrected chi connectivity index (χ1v) is 7.68. The number of hydrogen-bond donors (Lipinski definition) is 1. The van der Waals surface area contributed by atoms with Gasteiger partial charge in [0, 0.05) is 44.0 Å². The van der Waals surface area contributed by atoms with Crippen LogP contribution in [0.15, 0.2) is 47.1 Å². The third kappa shape index (κ3) is 3.65. The standard InChI is InChI=1S/C16H18N4O4/c21-16(17-12-15-2-1-11-24-15)19-9-7-18(8-10-19)13-3-5-14(6-4-13)20(22)23/h1-6,11H,7-10,12H2,(H,17,21). The summed E-state index contributed by atoms with van der Waals surface area (Å²) in [6.45, 7) is 2.94. The highest BCUT2D eigenvalue weighted by atomic mass is 16.6. The fraction of sp³-hybridized carbons (Fsp3) is 0.312. The molecule has 1 aromatic carbocycles. The molecule has 3 rings (SSSR count). The van der Waals surface area contributed by atoms with E-state index in [0.29, 0.717) is 38.5 Å². The van der Waals surface area contributed by atoms with Gasteiger partial charge in [0.25, 0.3) is 5.69 Å². The molecule has 126 valence electrons. The number of nitrogens with zero attached hydrogens (tertiary/aromatic N) is 3. The van der Waals surface area contributed by atoms with Gasteiger partial charge in [-0.15, -0.1) is 0 Å². The number of nitro groups is 1. The number of non-ortho nitro benzene ring substituents is 1. The monoisotopic (exact) mass is 330 g/mol. The molecule has 1 aliphatic rings. The Balaban J connectivity index is 1.49. The van der Waals surface area contributed by atoms with Crippen LogP contribution in [0.2, 0.25) is 0 Å². The van der Waals surface area contributed by atoms with Crippen LogP contribution in [0.5, 0.6) is 0 Å². The minimum Gasteiger partial charge on any atom is -0.467 e. The van der Waals surface area contributed by atoms with Gasteiger partial charge < -0.3 is 19.5 Å². The Morgan fingerprint density at radius 3 is 2.46 bits per heavy atom. The van der Waals surface area contributed by atoms with Crippen molar-refractivity contribution in [2.75, 3.05) is 31.1 Å². The van der Waals surface area contributed by atoms with Gasteiger partial charge in [-0.3, -0.25) is 10.1 Å². The molecular weight excluding hydrogens is 312 g/mol. The number of rotatable bonds is 4. The minimum absolute atomic E-state index is 0.0784. The zero-order valence-corrected chi connectivity index (χ0v) is 13.1. The van der Waals surface area contributed by atoms with Gasteiger partial charge in [0.05, 0.1) is 17.7 Å². The molecule has 1 fully saturated rings. The van der Waals surface area contributed by atoms with Crippen molar-refractivity contribution in [3.8, 4) is 0 Å². The van der Waals surface area contributed by atoms with Gasteiger partial charge in [-0.2, -0.15) is 0 Å². The van der Waals surface area contributed by atoms with Crippen LogP contribution in [0.4, 0.5) is 16.2 Å². The van der Waals surface area contributed by atoms with Crippen molar-refractivity contribution in [2.45, 2.75) is 6.54 Å². The molecule has 24 heavy (non-hydrogen) atoms. The number of piperazine rings is 1. The topological polar surface area (TPSA) is 91.9 Å². The molecule has 0 atom stereocenters. The lowest BCUT2D eigenvalue weighted by molar-refractivity contribution is -0.384. The summed E-state index contributed by atoms with van der Waals surface area (Å²) in [5, 5.41) is 13.5. The summed E-state index contributed by atoms with van der Waals surface area (Å²) < 4.78 is 5.18. The Hall–Kier alpha value is -3.03. The first kappa shape index (κ1) is 15.9. The predicted molar refractivity (Wildman–Crippen MR) is 87.8 cm³/mol. The Labute approximate surface area is 138 Å². The first-order valence-electron chi connectivity index (χ1n) is 7.68. The van der Waals surface area contributed by atoms with Crippen LogP contribution in [0, 0.1) is 10.1 Å². The second-order valence-corrected chi connectivity index (χ2v) is 5.49. The summed E-state index contributed by atoms with van der Waals surface area (Å²) in [6, 6.07) is 9.96. The first-order chi connectivity index (χ1) is 11.6. The number of hydrogen-bond acceptors (Lipinski definition) is 5. The number of amides is 2. The normalized spacial score (nSPS) is 14.5. The number of furan rings is 1. The van der Waals surface area contributed by atoms with Gasteiger partial charge in [-0.05, 0) is 24.3 Å². The molecule has 0 unspecified atom stereocenters. The summed E-state index contributed by atoms with van der Waals surface area (Å²) in [4.78, 5) is 26.3. The van der Waals surface area contributed by atoms with Crippen LogP contribution in [-0.2, 0) is 6.54 Å². The number of anilines is 1. The van der Waals surface area contributed by atoms with Gasteiger partial charge in [0.15, 0.2) is 0 Å². The van der Waals surface area contributed by atoms with Gasteiger partial charge in [0.2, 0.25) is 0 Å². The molecular formula is C16H18N4O4. The molecule has 1 saturated heterocycles. The molecule has 1 aliphatic heterocycles. The lowest BCUT2D eigenvalue weighted by atomic mass is 10.2. The zero-order valence-electron chi connectivity index (χ0n) is 13.1. The van der Waals surface area contributed by atoms with E-state index >= 15 is 0 Å². The number of carbonyl (C=O) groups is 1. The molecule has 0 bridgehead atoms. The summed E-state index contributed by atoms with van der Waals surface area (Å²) in [5.74, 6) is 0.716. The minimum atomic E-state index is -0.412. The lowest BCUT2D eigenvalue weighted by Gasteiger charge is -2.36. The van der Waals surface area contributed by atoms with Gasteiger partial charge >= 0.3 is 6.03 Å². The highest BCUT2D eigenvalue weighted by Crippen LogP contribution is 2.20. The van der Waals surface area contributed by atoms with Crippen LogP contribution in [-0.4, -0.2) is 42.0 Å². The molecule has 1 N–H and O–H groups in total. The number of benzene rings is 1. The molecule has 0 saturated carbocycles. The molecule has 1 aromatic heterocycles. The van der Waals surface area contributed by atoms with Crippen molar-refractivity contribution in [1.82, 2.24) is 10.2 Å². The average Bonchev–Trinajstić information content (AvgIpc) is 3.13. The van der Waals surface area contributed by atoms with Gasteiger partial charge in [0.1, 0.15) is 5.76 Å². The zero-order chi connectivity index (χ0) is 16.9. The summed E-state index contributed by atoms with van der Waals surface area (Å²) in [5.41, 5.74) is 1.01. The smallest absolute Gasteiger partial charge is 0.317 e. The van der Waals surface area contributed by atoms with Gasteiger partial charge in [-0.1, -0.05) is 0 Å². The van der Waals surface area contributed by atoms with E-state index < -0.39 is 4.92 Å². The van der Waals surface area contributed by atoms with Crippen LogP contribution in [0.3, 0.4) is 0 Å². The molecule has 2 aromatic rings. The van der Waals surface area contributed by atoms with E-state index in [-0.39, 0.29) is 11.7 Å². The highest BCUT2D eigenvalue weighted by Gasteiger charge is 2.21. The van der Waals surface area contributed by atoms with Gasteiger partial charge in [-0.25, -0.2) is 4.79 Å². The third-order valence-electron chi connectivity index (χ3n) is 3.99. The van der Waals surface area contributed by atoms with Crippen LogP contribution < -0.4 is 10.2 Å². The number of urea groups is 1. The number of nitro benzene ring substituents is 1. The van der Waals surface area contributed by atoms with Crippen molar-refractivity contribution >= 4 is 17.4 Å². The van der Waals surface area contributed by atoms with Crippen LogP contribution >= 0.6 is 0 Å². The fourth-order valence-electron chi connectivity index (χ4n) is 2.64. The molecule has 0 spiro atoms. The van der Waals surface area contributed by atoms with Crippen LogP contribution in [0.25, 0.3) is 0 Å². The fourth-order valence-corrected chi connectivity index (χ4v) is 2.64. The summed E-state index contributed by atoms with van der Waals surface area (Å²) in [7, 11) is 0. The SMILES string of the molecule is O=C(NCc1ccco1)N1CCN(c2ccc([N+](=O)[O-])cc2)CC1. The highest BCUT2D eigenvalue weighted by molar-refractivity contribution is 5.74. The van der Waals surface area contributed by atoms with E-state index in [1.54, 1.807) is 29.4 Å². The van der Waals surface area contributed by atoms with E-state index in [2.05, 4.69) is 10.2 Å². The second kappa shape index (κ2) is 7.03. The Kier molecular flexibility index (Phi) is 4.64. The van der Waals surface area contributed by atoms with Crippen molar-refractivity contribution in [3.63, 3.8) is 0 Å². The van der Waals surface area contributed by atoms with Crippen molar-refractivity contribution < 1.29 is 14.1 Å². The second-order valence-electron chi connectivity index (χ2n) is 5.49. The van der Waals surface area contributed by atoms with Crippen molar-refractivity contribution in [1.29, 1.82) is 0 Å². The van der Waals surface area contributed by atoms with E-state index in [0.717, 1.165) is 5.69 Å². The summed E-state index contributed by atoms with van der Waals surface area (Å²) >= 11 is 0. The average molecular weight is 330 g/mol. The third-order valence-corrected chi connectivity index (χ3v) is 3.99. The van der Waals surface area contributed by atoms with Crippen molar-refractivity contribution in [3.05, 3.63) is 58.5 Å². The number of carbonyl (C=O) groups excluding carboxylic acids is 1. The summed E-state index contributed by atoms with van der Waals surface area (Å²) in [6.07, 6.45) is 1.57. The van der Waals surface area contributed by atoms with E-state index in [4.69, 9.17) is 4.42 Å². The maximum Gasteiger partial charge on any atom is 0.317 e. The number of nitrogens with one attached hydrogen (secondary N) is 1. The van der Waals surface area contributed by atoms with E-state index in [1.165, 1.54) is 12.1 Å². The molecule has 2 heterocycles. The molecule has 8 heteroatoms. The lowest BCUT2D eigenvalue weighted by Crippen LogP contribution is -2.51. The maximum atomic E-state index is 12.1. The molecule has 0 aliphatic carbocycles. The predicted octanol–water partition coefficient (Wildman–Crippen LogP) is 2.22. The molecule has 2 amide bonds. The van der Waals surface area contributed by atoms with Crippen molar-refractivity contribution in [2.24, 2.45) is 0 Å². The maximum absolute atomic E-state index is 12.1. The van der Waals surface area contributed by atoms with Crippen LogP contribution in [0.1, 0.15) is 5.76 Å². The molecule has 0 radical (unpaired) electrons. The molecule has 8 nitrogen and oxygen atoms in total. The largest absolute Gasteiger partial charge is 0.467 e. The Morgan fingerprint density at radius 1 is 1.17 bits per heavy atom.